The number of aliphatic hydroxyl groups is 1. The molecule has 2 atom stereocenters. The Kier molecular flexibility index (Phi) is 3.64. The molecule has 1 aliphatic rings. The number of carboxylic acids is 1. The van der Waals surface area contributed by atoms with E-state index in [1.807, 2.05) is 0 Å². The van der Waals surface area contributed by atoms with Crippen LogP contribution in [0.15, 0.2) is 18.2 Å². The summed E-state index contributed by atoms with van der Waals surface area (Å²) in [5.74, 6) is -1.85. The van der Waals surface area contributed by atoms with E-state index in [4.69, 9.17) is 16.7 Å². The predicted octanol–water partition coefficient (Wildman–Crippen LogP) is 0.706. The summed E-state index contributed by atoms with van der Waals surface area (Å²) in [7, 11) is 0. The van der Waals surface area contributed by atoms with E-state index in [2.05, 4.69) is 0 Å². The molecule has 1 heterocycles. The average Bonchev–Trinajstić information content (AvgIpc) is 2.74. The van der Waals surface area contributed by atoms with Gasteiger partial charge in [-0.15, -0.1) is 0 Å². The normalized spacial score (nSPS) is 22.5. The lowest BCUT2D eigenvalue weighted by molar-refractivity contribution is -0.141. The van der Waals surface area contributed by atoms with Crippen LogP contribution < -0.4 is 0 Å². The van der Waals surface area contributed by atoms with Crippen molar-refractivity contribution in [2.75, 3.05) is 6.54 Å². The van der Waals surface area contributed by atoms with Crippen molar-refractivity contribution >= 4 is 23.5 Å². The van der Waals surface area contributed by atoms with E-state index in [1.54, 1.807) is 0 Å². The zero-order valence-corrected chi connectivity index (χ0v) is 10.5. The monoisotopic (exact) mass is 285 g/mol. The molecule has 0 aliphatic carbocycles. The van der Waals surface area contributed by atoms with Crippen molar-refractivity contribution in [3.05, 3.63) is 28.8 Å². The van der Waals surface area contributed by atoms with E-state index in [0.717, 1.165) is 4.90 Å². The molecule has 19 heavy (non-hydrogen) atoms. The minimum absolute atomic E-state index is 0.00683. The van der Waals surface area contributed by atoms with Gasteiger partial charge in [0.15, 0.2) is 0 Å². The molecule has 7 heteroatoms. The van der Waals surface area contributed by atoms with E-state index in [0.29, 0.717) is 0 Å². The Hall–Kier alpha value is -1.79. The Bertz CT molecular complexity index is 533. The predicted molar refractivity (Wildman–Crippen MR) is 66.2 cm³/mol. The zero-order chi connectivity index (χ0) is 14.2. The van der Waals surface area contributed by atoms with Crippen LogP contribution in [0.25, 0.3) is 0 Å². The smallest absolute Gasteiger partial charge is 0.326 e. The van der Waals surface area contributed by atoms with Gasteiger partial charge in [0.05, 0.1) is 11.1 Å². The molecule has 0 spiro atoms. The lowest BCUT2D eigenvalue weighted by Crippen LogP contribution is -2.40. The second-order valence-corrected chi connectivity index (χ2v) is 4.77. The summed E-state index contributed by atoms with van der Waals surface area (Å²) in [6.07, 6.45) is -0.843. The standard InChI is InChI=1S/C12H12ClNO5/c13-8-3-6(1-2-10(8)16)11(17)14-5-7(15)4-9(14)12(18)19/h1-3,7,9,15-16H,4-5H2,(H,18,19)/t7-,9+/m1/s1. The summed E-state index contributed by atoms with van der Waals surface area (Å²) in [5.41, 5.74) is 0.170. The van der Waals surface area contributed by atoms with E-state index < -0.39 is 24.0 Å². The Morgan fingerprint density at radius 2 is 2.05 bits per heavy atom. The SMILES string of the molecule is O=C(O)[C@@H]1C[C@@H](O)CN1C(=O)c1ccc(O)c(Cl)c1. The van der Waals surface area contributed by atoms with Gasteiger partial charge in [0, 0.05) is 18.5 Å². The van der Waals surface area contributed by atoms with Gasteiger partial charge in [-0.2, -0.15) is 0 Å². The highest BCUT2D eigenvalue weighted by atomic mass is 35.5. The molecule has 0 radical (unpaired) electrons. The number of aliphatic carboxylic acids is 1. The average molecular weight is 286 g/mol. The molecular formula is C12H12ClNO5. The van der Waals surface area contributed by atoms with Crippen LogP contribution in [0.2, 0.25) is 5.02 Å². The maximum Gasteiger partial charge on any atom is 0.326 e. The van der Waals surface area contributed by atoms with Crippen LogP contribution in [0.1, 0.15) is 16.8 Å². The van der Waals surface area contributed by atoms with Crippen molar-refractivity contribution < 1.29 is 24.9 Å². The summed E-state index contributed by atoms with van der Waals surface area (Å²) >= 11 is 5.71. The van der Waals surface area contributed by atoms with E-state index in [-0.39, 0.29) is 29.3 Å². The van der Waals surface area contributed by atoms with E-state index in [9.17, 15) is 19.8 Å². The Balaban J connectivity index is 2.27. The number of likely N-dealkylation sites (tertiary alicyclic amines) is 1. The molecule has 1 aliphatic heterocycles. The van der Waals surface area contributed by atoms with Crippen molar-refractivity contribution in [1.29, 1.82) is 0 Å². The number of hydrogen-bond acceptors (Lipinski definition) is 4. The summed E-state index contributed by atoms with van der Waals surface area (Å²) in [6.45, 7) is -0.0334. The molecule has 1 aromatic rings. The van der Waals surface area contributed by atoms with Gasteiger partial charge in [-0.05, 0) is 18.2 Å². The molecular weight excluding hydrogens is 274 g/mol. The van der Waals surface area contributed by atoms with Crippen molar-refractivity contribution in [2.24, 2.45) is 0 Å². The van der Waals surface area contributed by atoms with Gasteiger partial charge < -0.3 is 20.2 Å². The van der Waals surface area contributed by atoms with Gasteiger partial charge in [-0.3, -0.25) is 4.79 Å². The number of phenolic OH excluding ortho intramolecular Hbond substituents is 1. The quantitative estimate of drug-likeness (QED) is 0.743. The van der Waals surface area contributed by atoms with Crippen LogP contribution >= 0.6 is 11.6 Å². The molecule has 102 valence electrons. The highest BCUT2D eigenvalue weighted by molar-refractivity contribution is 6.32. The number of carbonyl (C=O) groups excluding carboxylic acids is 1. The lowest BCUT2D eigenvalue weighted by Gasteiger charge is -2.21. The molecule has 1 aromatic carbocycles. The molecule has 0 aromatic heterocycles. The number of amides is 1. The van der Waals surface area contributed by atoms with Crippen LogP contribution in [-0.2, 0) is 4.79 Å². The number of carbonyl (C=O) groups is 2. The minimum atomic E-state index is -1.16. The summed E-state index contributed by atoms with van der Waals surface area (Å²) in [5, 5.41) is 27.8. The van der Waals surface area contributed by atoms with Crippen molar-refractivity contribution in [2.45, 2.75) is 18.6 Å². The van der Waals surface area contributed by atoms with Crippen molar-refractivity contribution in [3.63, 3.8) is 0 Å². The van der Waals surface area contributed by atoms with Crippen LogP contribution in [0.5, 0.6) is 5.75 Å². The minimum Gasteiger partial charge on any atom is -0.506 e. The molecule has 1 saturated heterocycles. The third kappa shape index (κ3) is 2.64. The van der Waals surface area contributed by atoms with E-state index in [1.165, 1.54) is 18.2 Å². The van der Waals surface area contributed by atoms with E-state index >= 15 is 0 Å². The number of benzene rings is 1. The molecule has 1 fully saturated rings. The van der Waals surface area contributed by atoms with Crippen LogP contribution in [0.4, 0.5) is 0 Å². The second kappa shape index (κ2) is 5.07. The largest absolute Gasteiger partial charge is 0.506 e. The Morgan fingerprint density at radius 1 is 1.37 bits per heavy atom. The van der Waals surface area contributed by atoms with Crippen molar-refractivity contribution in [3.8, 4) is 5.75 Å². The number of phenols is 1. The number of carboxylic acid groups (broad SMARTS) is 1. The molecule has 3 N–H and O–H groups in total. The molecule has 6 nitrogen and oxygen atoms in total. The summed E-state index contributed by atoms with van der Waals surface area (Å²) in [6, 6.07) is 2.84. The van der Waals surface area contributed by atoms with Gasteiger partial charge in [0.2, 0.25) is 0 Å². The highest BCUT2D eigenvalue weighted by Gasteiger charge is 2.39. The molecule has 2 rings (SSSR count). The number of nitrogens with zero attached hydrogens (tertiary/aromatic N) is 1. The fraction of sp³-hybridized carbons (Fsp3) is 0.333. The van der Waals surface area contributed by atoms with Gasteiger partial charge in [0.25, 0.3) is 5.91 Å². The maximum absolute atomic E-state index is 12.2. The molecule has 0 bridgehead atoms. The van der Waals surface area contributed by atoms with Gasteiger partial charge >= 0.3 is 5.97 Å². The fourth-order valence-electron chi connectivity index (χ4n) is 2.08. The molecule has 1 amide bonds. The van der Waals surface area contributed by atoms with Crippen molar-refractivity contribution in [1.82, 2.24) is 4.90 Å². The number of aromatic hydroxyl groups is 1. The first-order valence-electron chi connectivity index (χ1n) is 5.60. The summed E-state index contributed by atoms with van der Waals surface area (Å²) < 4.78 is 0. The highest BCUT2D eigenvalue weighted by Crippen LogP contribution is 2.26. The number of hydrogen-bond donors (Lipinski definition) is 3. The molecule has 0 unspecified atom stereocenters. The third-order valence-corrected chi connectivity index (χ3v) is 3.32. The van der Waals surface area contributed by atoms with Gasteiger partial charge in [0.1, 0.15) is 11.8 Å². The van der Waals surface area contributed by atoms with Crippen LogP contribution in [0.3, 0.4) is 0 Å². The maximum atomic E-state index is 12.2. The van der Waals surface area contributed by atoms with Gasteiger partial charge in [-0.1, -0.05) is 11.6 Å². The zero-order valence-electron chi connectivity index (χ0n) is 9.78. The number of halogens is 1. The Morgan fingerprint density at radius 3 is 2.63 bits per heavy atom. The fourth-order valence-corrected chi connectivity index (χ4v) is 2.26. The summed E-state index contributed by atoms with van der Waals surface area (Å²) in [4.78, 5) is 24.3. The second-order valence-electron chi connectivity index (χ2n) is 4.37. The molecule has 0 saturated carbocycles. The number of rotatable bonds is 2. The lowest BCUT2D eigenvalue weighted by atomic mass is 10.1. The number of aliphatic hydroxyl groups excluding tert-OH is 1. The number of β-amino-alcohol motifs (C(OH)–C–C–N with tert-alkyl or cyclic N) is 1. The first-order valence-corrected chi connectivity index (χ1v) is 5.98. The topological polar surface area (TPSA) is 98.1 Å². The first kappa shape index (κ1) is 13.6. The first-order chi connectivity index (χ1) is 8.90. The Labute approximate surface area is 113 Å². The van der Waals surface area contributed by atoms with Crippen LogP contribution in [-0.4, -0.2) is 50.8 Å². The van der Waals surface area contributed by atoms with Crippen LogP contribution in [0, 0.1) is 0 Å². The van der Waals surface area contributed by atoms with Gasteiger partial charge in [-0.25, -0.2) is 4.79 Å². The third-order valence-electron chi connectivity index (χ3n) is 3.02.